The van der Waals surface area contributed by atoms with Crippen LogP contribution in [0.3, 0.4) is 0 Å². The first-order valence-electron chi connectivity index (χ1n) is 9.96. The SMILES string of the molecule is O=C(COc1ccccc1F)N1CC(C(=O)N2CCN(c3ccccc3F)CC2)C1. The van der Waals surface area contributed by atoms with E-state index < -0.39 is 5.82 Å². The van der Waals surface area contributed by atoms with Gasteiger partial charge < -0.3 is 19.4 Å². The molecule has 4 rings (SSSR count). The van der Waals surface area contributed by atoms with E-state index in [-0.39, 0.29) is 35.9 Å². The number of hydrogen-bond acceptors (Lipinski definition) is 4. The van der Waals surface area contributed by atoms with Gasteiger partial charge in [-0.25, -0.2) is 8.78 Å². The molecule has 0 N–H and O–H groups in total. The topological polar surface area (TPSA) is 53.1 Å². The number of amides is 2. The molecule has 2 aromatic rings. The second-order valence-electron chi connectivity index (χ2n) is 7.48. The van der Waals surface area contributed by atoms with Gasteiger partial charge >= 0.3 is 0 Å². The number of hydrogen-bond donors (Lipinski definition) is 0. The summed E-state index contributed by atoms with van der Waals surface area (Å²) >= 11 is 0. The summed E-state index contributed by atoms with van der Waals surface area (Å²) in [5.74, 6) is -1.23. The van der Waals surface area contributed by atoms with Crippen molar-refractivity contribution in [2.75, 3.05) is 50.8 Å². The number of carbonyl (C=O) groups excluding carboxylic acids is 2. The van der Waals surface area contributed by atoms with Crippen molar-refractivity contribution < 1.29 is 23.1 Å². The predicted molar refractivity (Wildman–Crippen MR) is 107 cm³/mol. The zero-order valence-corrected chi connectivity index (χ0v) is 16.5. The third-order valence-corrected chi connectivity index (χ3v) is 5.56. The van der Waals surface area contributed by atoms with Crippen molar-refractivity contribution in [2.45, 2.75) is 0 Å². The second-order valence-corrected chi connectivity index (χ2v) is 7.48. The molecule has 8 heteroatoms. The number of nitrogens with zero attached hydrogens (tertiary/aromatic N) is 3. The Morgan fingerprint density at radius 2 is 1.50 bits per heavy atom. The molecule has 2 amide bonds. The van der Waals surface area contributed by atoms with E-state index in [1.54, 1.807) is 40.1 Å². The maximum Gasteiger partial charge on any atom is 0.260 e. The molecule has 2 aliphatic heterocycles. The summed E-state index contributed by atoms with van der Waals surface area (Å²) in [5, 5.41) is 0. The van der Waals surface area contributed by atoms with E-state index in [0.29, 0.717) is 45.0 Å². The lowest BCUT2D eigenvalue weighted by molar-refractivity contribution is -0.149. The standard InChI is InChI=1S/C22H23F2N3O3/c23-17-5-1-3-7-19(17)25-9-11-26(12-10-25)22(29)16-13-27(14-16)21(28)15-30-20-8-4-2-6-18(20)24/h1-8,16H,9-15H2. The largest absolute Gasteiger partial charge is 0.481 e. The van der Waals surface area contributed by atoms with Gasteiger partial charge in [0.15, 0.2) is 18.2 Å². The molecular formula is C22H23F2N3O3. The van der Waals surface area contributed by atoms with Crippen LogP contribution in [-0.4, -0.2) is 67.5 Å². The summed E-state index contributed by atoms with van der Waals surface area (Å²) in [5.41, 5.74) is 0.555. The van der Waals surface area contributed by atoms with E-state index in [0.717, 1.165) is 0 Å². The van der Waals surface area contributed by atoms with Gasteiger partial charge in [0.2, 0.25) is 5.91 Å². The summed E-state index contributed by atoms with van der Waals surface area (Å²) in [6.07, 6.45) is 0. The summed E-state index contributed by atoms with van der Waals surface area (Å²) in [7, 11) is 0. The average Bonchev–Trinajstić information content (AvgIpc) is 2.72. The van der Waals surface area contributed by atoms with E-state index in [1.165, 1.54) is 18.2 Å². The van der Waals surface area contributed by atoms with E-state index in [1.807, 2.05) is 4.90 Å². The van der Waals surface area contributed by atoms with Crippen LogP contribution in [0, 0.1) is 17.6 Å². The number of benzene rings is 2. The Labute approximate surface area is 173 Å². The molecule has 0 aliphatic carbocycles. The Morgan fingerprint density at radius 3 is 2.17 bits per heavy atom. The summed E-state index contributed by atoms with van der Waals surface area (Å²) in [6.45, 7) is 2.60. The molecule has 0 unspecified atom stereocenters. The van der Waals surface area contributed by atoms with Crippen molar-refractivity contribution in [3.05, 3.63) is 60.2 Å². The van der Waals surface area contributed by atoms with Crippen LogP contribution in [0.1, 0.15) is 0 Å². The minimum Gasteiger partial charge on any atom is -0.481 e. The smallest absolute Gasteiger partial charge is 0.260 e. The van der Waals surface area contributed by atoms with E-state index in [4.69, 9.17) is 4.74 Å². The van der Waals surface area contributed by atoms with Crippen molar-refractivity contribution >= 4 is 17.5 Å². The Balaban J connectivity index is 1.21. The molecule has 0 aromatic heterocycles. The number of anilines is 1. The highest BCUT2D eigenvalue weighted by Gasteiger charge is 2.38. The molecular weight excluding hydrogens is 392 g/mol. The second kappa shape index (κ2) is 8.69. The van der Waals surface area contributed by atoms with Gasteiger partial charge in [0.25, 0.3) is 5.91 Å². The molecule has 30 heavy (non-hydrogen) atoms. The lowest BCUT2D eigenvalue weighted by atomic mass is 9.98. The van der Waals surface area contributed by atoms with Gasteiger partial charge in [0.1, 0.15) is 5.82 Å². The summed E-state index contributed by atoms with van der Waals surface area (Å²) < 4.78 is 32.7. The monoisotopic (exact) mass is 415 g/mol. The zero-order valence-electron chi connectivity index (χ0n) is 16.5. The average molecular weight is 415 g/mol. The van der Waals surface area contributed by atoms with Crippen molar-refractivity contribution in [1.29, 1.82) is 0 Å². The normalized spacial score (nSPS) is 16.9. The molecule has 6 nitrogen and oxygen atoms in total. The first-order valence-corrected chi connectivity index (χ1v) is 9.96. The lowest BCUT2D eigenvalue weighted by Crippen LogP contribution is -2.59. The number of piperazine rings is 1. The number of halogens is 2. The molecule has 0 radical (unpaired) electrons. The molecule has 2 fully saturated rings. The highest BCUT2D eigenvalue weighted by atomic mass is 19.1. The van der Waals surface area contributed by atoms with Gasteiger partial charge in [-0.15, -0.1) is 0 Å². The Hall–Kier alpha value is -3.16. The number of likely N-dealkylation sites (tertiary alicyclic amines) is 1. The number of ether oxygens (including phenoxy) is 1. The van der Waals surface area contributed by atoms with Crippen LogP contribution < -0.4 is 9.64 Å². The minimum atomic E-state index is -0.517. The minimum absolute atomic E-state index is 0.0160. The van der Waals surface area contributed by atoms with E-state index in [2.05, 4.69) is 0 Å². The first kappa shape index (κ1) is 20.1. The quantitative estimate of drug-likeness (QED) is 0.751. The van der Waals surface area contributed by atoms with Crippen LogP contribution in [0.25, 0.3) is 0 Å². The highest BCUT2D eigenvalue weighted by molar-refractivity contribution is 5.85. The zero-order chi connectivity index (χ0) is 21.1. The van der Waals surface area contributed by atoms with Crippen molar-refractivity contribution in [2.24, 2.45) is 5.92 Å². The fraction of sp³-hybridized carbons (Fsp3) is 0.364. The van der Waals surface area contributed by atoms with Crippen LogP contribution in [0.5, 0.6) is 5.75 Å². The van der Waals surface area contributed by atoms with Gasteiger partial charge in [-0.05, 0) is 24.3 Å². The molecule has 0 spiro atoms. The Bertz CT molecular complexity index is 925. The fourth-order valence-electron chi connectivity index (χ4n) is 3.77. The van der Waals surface area contributed by atoms with Crippen molar-refractivity contribution in [1.82, 2.24) is 9.80 Å². The maximum atomic E-state index is 13.9. The maximum absolute atomic E-state index is 13.9. The molecule has 2 heterocycles. The molecule has 158 valence electrons. The molecule has 0 bridgehead atoms. The third kappa shape index (κ3) is 4.22. The Kier molecular flexibility index (Phi) is 5.83. The van der Waals surface area contributed by atoms with Crippen LogP contribution in [0.4, 0.5) is 14.5 Å². The van der Waals surface area contributed by atoms with Crippen LogP contribution >= 0.6 is 0 Å². The van der Waals surface area contributed by atoms with Crippen LogP contribution in [0.2, 0.25) is 0 Å². The van der Waals surface area contributed by atoms with Crippen LogP contribution in [0.15, 0.2) is 48.5 Å². The van der Waals surface area contributed by atoms with E-state index in [9.17, 15) is 18.4 Å². The molecule has 0 saturated carbocycles. The third-order valence-electron chi connectivity index (χ3n) is 5.56. The van der Waals surface area contributed by atoms with Gasteiger partial charge in [-0.1, -0.05) is 24.3 Å². The summed E-state index contributed by atoms with van der Waals surface area (Å²) in [6, 6.07) is 12.5. The van der Waals surface area contributed by atoms with Crippen molar-refractivity contribution in [3.8, 4) is 5.75 Å². The van der Waals surface area contributed by atoms with Crippen molar-refractivity contribution in [3.63, 3.8) is 0 Å². The predicted octanol–water partition coefficient (Wildman–Crippen LogP) is 2.15. The lowest BCUT2D eigenvalue weighted by Gasteiger charge is -2.43. The number of para-hydroxylation sites is 2. The molecule has 2 aliphatic rings. The number of carbonyl (C=O) groups is 2. The van der Waals surface area contributed by atoms with E-state index >= 15 is 0 Å². The van der Waals surface area contributed by atoms with Gasteiger partial charge in [0, 0.05) is 39.3 Å². The molecule has 2 aromatic carbocycles. The van der Waals surface area contributed by atoms with Crippen LogP contribution in [-0.2, 0) is 9.59 Å². The summed E-state index contributed by atoms with van der Waals surface area (Å²) in [4.78, 5) is 30.2. The van der Waals surface area contributed by atoms with Gasteiger partial charge in [0.05, 0.1) is 11.6 Å². The fourth-order valence-corrected chi connectivity index (χ4v) is 3.77. The van der Waals surface area contributed by atoms with Gasteiger partial charge in [-0.2, -0.15) is 0 Å². The number of rotatable bonds is 5. The highest BCUT2D eigenvalue weighted by Crippen LogP contribution is 2.23. The Morgan fingerprint density at radius 1 is 0.867 bits per heavy atom. The van der Waals surface area contributed by atoms with Gasteiger partial charge in [-0.3, -0.25) is 9.59 Å². The molecule has 0 atom stereocenters. The first-order chi connectivity index (χ1) is 14.5. The molecule has 2 saturated heterocycles.